The molecule has 1 fully saturated rings. The Kier molecular flexibility index (Phi) is 3.93. The van der Waals surface area contributed by atoms with Crippen LogP contribution in [-0.4, -0.2) is 48.2 Å². The molecule has 1 aromatic rings. The molecule has 0 bridgehead atoms. The Labute approximate surface area is 106 Å². The van der Waals surface area contributed by atoms with Crippen molar-refractivity contribution in [3.8, 4) is 5.75 Å². The van der Waals surface area contributed by atoms with Gasteiger partial charge in [-0.25, -0.2) is 9.97 Å². The number of aromatic nitrogens is 2. The van der Waals surface area contributed by atoms with Gasteiger partial charge in [0.2, 0.25) is 5.75 Å². The van der Waals surface area contributed by atoms with Gasteiger partial charge in [0.05, 0.1) is 7.11 Å². The summed E-state index contributed by atoms with van der Waals surface area (Å²) in [4.78, 5) is 10.8. The molecule has 5 nitrogen and oxygen atoms in total. The van der Waals surface area contributed by atoms with Gasteiger partial charge >= 0.3 is 0 Å². The number of nitrogens with zero attached hydrogens (tertiary/aromatic N) is 3. The molecule has 1 aromatic heterocycles. The molecule has 0 saturated carbocycles. The SMILES string of the molecule is CNc1ncnc(N2CCSCC2C)c1OC. The minimum Gasteiger partial charge on any atom is -0.490 e. The van der Waals surface area contributed by atoms with Crippen molar-refractivity contribution in [1.29, 1.82) is 0 Å². The Hall–Kier alpha value is -1.17. The van der Waals surface area contributed by atoms with Crippen LogP contribution in [0.25, 0.3) is 0 Å². The third-order valence-electron chi connectivity index (χ3n) is 2.87. The van der Waals surface area contributed by atoms with Crippen LogP contribution in [0.4, 0.5) is 11.6 Å². The van der Waals surface area contributed by atoms with E-state index in [0.717, 1.165) is 35.4 Å². The summed E-state index contributed by atoms with van der Waals surface area (Å²) in [6.07, 6.45) is 1.58. The smallest absolute Gasteiger partial charge is 0.204 e. The standard InChI is InChI=1S/C11H18N4OS/c1-8-6-17-5-4-15(8)11-9(16-3)10(12-2)13-7-14-11/h7-8H,4-6H2,1-3H3,(H,12,13,14). The lowest BCUT2D eigenvalue weighted by molar-refractivity contribution is 0.411. The minimum atomic E-state index is 0.474. The third kappa shape index (κ3) is 2.41. The van der Waals surface area contributed by atoms with Crippen LogP contribution in [0.1, 0.15) is 6.92 Å². The van der Waals surface area contributed by atoms with Crippen molar-refractivity contribution in [1.82, 2.24) is 9.97 Å². The van der Waals surface area contributed by atoms with Crippen molar-refractivity contribution in [2.45, 2.75) is 13.0 Å². The number of methoxy groups -OCH3 is 1. The van der Waals surface area contributed by atoms with Gasteiger partial charge in [0.25, 0.3) is 0 Å². The van der Waals surface area contributed by atoms with Crippen molar-refractivity contribution in [2.24, 2.45) is 0 Å². The van der Waals surface area contributed by atoms with Crippen LogP contribution in [-0.2, 0) is 0 Å². The molecule has 1 saturated heterocycles. The topological polar surface area (TPSA) is 50.3 Å². The lowest BCUT2D eigenvalue weighted by atomic mass is 10.3. The maximum Gasteiger partial charge on any atom is 0.204 e. The van der Waals surface area contributed by atoms with E-state index in [4.69, 9.17) is 4.74 Å². The molecule has 94 valence electrons. The average molecular weight is 254 g/mol. The van der Waals surface area contributed by atoms with E-state index < -0.39 is 0 Å². The molecule has 2 heterocycles. The Morgan fingerprint density at radius 1 is 1.53 bits per heavy atom. The summed E-state index contributed by atoms with van der Waals surface area (Å²) in [6, 6.07) is 0.474. The average Bonchev–Trinajstić information content (AvgIpc) is 2.38. The molecule has 1 atom stereocenters. The normalized spacial score (nSPS) is 20.2. The van der Waals surface area contributed by atoms with E-state index in [1.165, 1.54) is 0 Å². The monoisotopic (exact) mass is 254 g/mol. The minimum absolute atomic E-state index is 0.474. The summed E-state index contributed by atoms with van der Waals surface area (Å²) in [6.45, 7) is 3.22. The van der Waals surface area contributed by atoms with Crippen molar-refractivity contribution >= 4 is 23.4 Å². The van der Waals surface area contributed by atoms with E-state index in [-0.39, 0.29) is 0 Å². The fraction of sp³-hybridized carbons (Fsp3) is 0.636. The van der Waals surface area contributed by atoms with Gasteiger partial charge in [0, 0.05) is 31.1 Å². The zero-order valence-electron chi connectivity index (χ0n) is 10.4. The Bertz CT molecular complexity index is 388. The van der Waals surface area contributed by atoms with Gasteiger partial charge in [-0.3, -0.25) is 0 Å². The maximum atomic E-state index is 5.43. The van der Waals surface area contributed by atoms with Gasteiger partial charge in [-0.2, -0.15) is 11.8 Å². The summed E-state index contributed by atoms with van der Waals surface area (Å²) < 4.78 is 5.43. The molecule has 0 spiro atoms. The lowest BCUT2D eigenvalue weighted by Crippen LogP contribution is -2.41. The summed E-state index contributed by atoms with van der Waals surface area (Å²) in [5, 5.41) is 3.03. The number of anilines is 2. The number of ether oxygens (including phenoxy) is 1. The van der Waals surface area contributed by atoms with Crippen LogP contribution in [0.3, 0.4) is 0 Å². The summed E-state index contributed by atoms with van der Waals surface area (Å²) in [5.74, 6) is 4.62. The van der Waals surface area contributed by atoms with E-state index in [1.807, 2.05) is 18.8 Å². The van der Waals surface area contributed by atoms with Crippen molar-refractivity contribution in [2.75, 3.05) is 42.4 Å². The molecule has 6 heteroatoms. The lowest BCUT2D eigenvalue weighted by Gasteiger charge is -2.34. The Balaban J connectivity index is 2.36. The van der Waals surface area contributed by atoms with E-state index >= 15 is 0 Å². The van der Waals surface area contributed by atoms with Gasteiger partial charge in [0.15, 0.2) is 11.6 Å². The number of rotatable bonds is 3. The van der Waals surface area contributed by atoms with E-state index in [2.05, 4.69) is 27.1 Å². The predicted octanol–water partition coefficient (Wildman–Crippen LogP) is 1.47. The summed E-state index contributed by atoms with van der Waals surface area (Å²) in [5.41, 5.74) is 0. The zero-order chi connectivity index (χ0) is 12.3. The number of hydrogen-bond donors (Lipinski definition) is 1. The largest absolute Gasteiger partial charge is 0.490 e. The summed E-state index contributed by atoms with van der Waals surface area (Å²) >= 11 is 1.98. The van der Waals surface area contributed by atoms with Crippen LogP contribution < -0.4 is 15.0 Å². The molecular formula is C11H18N4OS. The Morgan fingerprint density at radius 2 is 2.35 bits per heavy atom. The van der Waals surface area contributed by atoms with Crippen LogP contribution in [0.15, 0.2) is 6.33 Å². The van der Waals surface area contributed by atoms with E-state index in [0.29, 0.717) is 6.04 Å². The molecule has 0 amide bonds. The quantitative estimate of drug-likeness (QED) is 0.881. The second-order valence-electron chi connectivity index (χ2n) is 3.95. The molecule has 1 unspecified atom stereocenters. The Morgan fingerprint density at radius 3 is 3.00 bits per heavy atom. The van der Waals surface area contributed by atoms with Gasteiger partial charge in [-0.15, -0.1) is 0 Å². The van der Waals surface area contributed by atoms with Crippen molar-refractivity contribution in [3.05, 3.63) is 6.33 Å². The van der Waals surface area contributed by atoms with Crippen molar-refractivity contribution in [3.63, 3.8) is 0 Å². The molecule has 17 heavy (non-hydrogen) atoms. The van der Waals surface area contributed by atoms with E-state index in [1.54, 1.807) is 13.4 Å². The zero-order valence-corrected chi connectivity index (χ0v) is 11.3. The molecule has 0 aliphatic carbocycles. The molecular weight excluding hydrogens is 236 g/mol. The first kappa shape index (κ1) is 12.3. The first-order valence-electron chi connectivity index (χ1n) is 5.69. The van der Waals surface area contributed by atoms with E-state index in [9.17, 15) is 0 Å². The highest BCUT2D eigenvalue weighted by atomic mass is 32.2. The fourth-order valence-corrected chi connectivity index (χ4v) is 2.99. The number of nitrogens with one attached hydrogen (secondary N) is 1. The molecule has 0 radical (unpaired) electrons. The maximum absolute atomic E-state index is 5.43. The van der Waals surface area contributed by atoms with Crippen LogP contribution in [0, 0.1) is 0 Å². The highest BCUT2D eigenvalue weighted by molar-refractivity contribution is 7.99. The first-order valence-corrected chi connectivity index (χ1v) is 6.84. The third-order valence-corrected chi connectivity index (χ3v) is 4.05. The molecule has 1 aliphatic rings. The molecule has 1 N–H and O–H groups in total. The molecule has 2 rings (SSSR count). The van der Waals surface area contributed by atoms with Gasteiger partial charge < -0.3 is 15.0 Å². The highest BCUT2D eigenvalue weighted by Crippen LogP contribution is 2.34. The van der Waals surface area contributed by atoms with Crippen molar-refractivity contribution < 1.29 is 4.74 Å². The predicted molar refractivity (Wildman–Crippen MR) is 72.3 cm³/mol. The second-order valence-corrected chi connectivity index (χ2v) is 5.10. The second kappa shape index (κ2) is 5.44. The number of thioether (sulfide) groups is 1. The van der Waals surface area contributed by atoms with Crippen LogP contribution in [0.5, 0.6) is 5.75 Å². The molecule has 0 aromatic carbocycles. The summed E-state index contributed by atoms with van der Waals surface area (Å²) in [7, 11) is 3.50. The first-order chi connectivity index (χ1) is 8.27. The number of hydrogen-bond acceptors (Lipinski definition) is 6. The molecule has 1 aliphatic heterocycles. The highest BCUT2D eigenvalue weighted by Gasteiger charge is 2.24. The fourth-order valence-electron chi connectivity index (χ4n) is 1.98. The van der Waals surface area contributed by atoms with Gasteiger partial charge in [-0.1, -0.05) is 0 Å². The van der Waals surface area contributed by atoms with Gasteiger partial charge in [-0.05, 0) is 6.92 Å². The van der Waals surface area contributed by atoms with Crippen LogP contribution >= 0.6 is 11.8 Å². The van der Waals surface area contributed by atoms with Gasteiger partial charge in [0.1, 0.15) is 6.33 Å². The van der Waals surface area contributed by atoms with Crippen LogP contribution in [0.2, 0.25) is 0 Å².